The molecular weight excluding hydrogens is 168 g/mol. The Hall–Kier alpha value is -0.990. The highest BCUT2D eigenvalue weighted by molar-refractivity contribution is 5.60. The lowest BCUT2D eigenvalue weighted by molar-refractivity contribution is -0.00738. The zero-order chi connectivity index (χ0) is 10.3. The molecule has 0 aliphatic heterocycles. The molecule has 0 spiro atoms. The average molecular weight is 186 g/mol. The van der Waals surface area contributed by atoms with Crippen molar-refractivity contribution in [2.45, 2.75) is 39.2 Å². The monoisotopic (exact) mass is 186 g/mol. The summed E-state index contributed by atoms with van der Waals surface area (Å²) in [6.07, 6.45) is 2.83. The van der Waals surface area contributed by atoms with Crippen LogP contribution in [0.2, 0.25) is 0 Å². The Labute approximate surface area is 79.7 Å². The van der Waals surface area contributed by atoms with Crippen LogP contribution in [0, 0.1) is 0 Å². The van der Waals surface area contributed by atoms with Crippen molar-refractivity contribution in [1.29, 1.82) is 0 Å². The molecule has 0 rings (SSSR count). The molecule has 13 heavy (non-hydrogen) atoms. The fraction of sp³-hybridized carbons (Fsp3) is 0.700. The molecule has 0 unspecified atom stereocenters. The molecule has 0 aromatic carbocycles. The minimum Gasteiger partial charge on any atom is -0.434 e. The summed E-state index contributed by atoms with van der Waals surface area (Å²) in [5, 5.41) is 0. The Morgan fingerprint density at radius 2 is 2.08 bits per heavy atom. The van der Waals surface area contributed by atoms with E-state index < -0.39 is 11.8 Å². The molecule has 0 bridgehead atoms. The lowest BCUT2D eigenvalue weighted by Gasteiger charge is -2.18. The normalized spacial score (nSPS) is 10.7. The van der Waals surface area contributed by atoms with Gasteiger partial charge in [-0.2, -0.15) is 0 Å². The van der Waals surface area contributed by atoms with E-state index in [0.717, 1.165) is 12.8 Å². The largest absolute Gasteiger partial charge is 0.508 e. The Bertz CT molecular complexity index is 167. The van der Waals surface area contributed by atoms with Gasteiger partial charge in [0, 0.05) is 0 Å². The first-order valence-corrected chi connectivity index (χ1v) is 4.42. The first-order chi connectivity index (χ1) is 5.95. The van der Waals surface area contributed by atoms with Gasteiger partial charge in [-0.15, -0.1) is 6.58 Å². The Morgan fingerprint density at radius 3 is 2.54 bits per heavy atom. The zero-order valence-electron chi connectivity index (χ0n) is 8.63. The van der Waals surface area contributed by atoms with Gasteiger partial charge in [-0.1, -0.05) is 6.08 Å². The Balaban J connectivity index is 3.47. The quantitative estimate of drug-likeness (QED) is 0.384. The van der Waals surface area contributed by atoms with Crippen molar-refractivity contribution in [2.75, 3.05) is 6.61 Å². The van der Waals surface area contributed by atoms with E-state index >= 15 is 0 Å². The molecule has 76 valence electrons. The molecule has 0 heterocycles. The summed E-state index contributed by atoms with van der Waals surface area (Å²) < 4.78 is 9.74. The molecule has 0 aliphatic carbocycles. The van der Waals surface area contributed by atoms with Crippen LogP contribution < -0.4 is 0 Å². The SMILES string of the molecule is C=CCCCOC(=O)OC(C)(C)C. The van der Waals surface area contributed by atoms with Crippen LogP contribution in [-0.4, -0.2) is 18.4 Å². The average Bonchev–Trinajstić information content (AvgIpc) is 1.94. The summed E-state index contributed by atoms with van der Waals surface area (Å²) in [6.45, 7) is 9.37. The number of rotatable bonds is 4. The second-order valence-electron chi connectivity index (χ2n) is 3.74. The van der Waals surface area contributed by atoms with Crippen molar-refractivity contribution in [1.82, 2.24) is 0 Å². The van der Waals surface area contributed by atoms with Gasteiger partial charge in [0.15, 0.2) is 0 Å². The molecule has 0 atom stereocenters. The summed E-state index contributed by atoms with van der Waals surface area (Å²) in [7, 11) is 0. The molecule has 0 aromatic heterocycles. The number of ether oxygens (including phenoxy) is 2. The molecule has 0 amide bonds. The van der Waals surface area contributed by atoms with E-state index in [1.165, 1.54) is 0 Å². The fourth-order valence-corrected chi connectivity index (χ4v) is 0.663. The number of carbonyl (C=O) groups is 1. The topological polar surface area (TPSA) is 35.5 Å². The zero-order valence-corrected chi connectivity index (χ0v) is 8.63. The van der Waals surface area contributed by atoms with Crippen LogP contribution in [0.5, 0.6) is 0 Å². The molecule has 0 aromatic rings. The Morgan fingerprint density at radius 1 is 1.46 bits per heavy atom. The summed E-state index contributed by atoms with van der Waals surface area (Å²) >= 11 is 0. The second kappa shape index (κ2) is 5.62. The number of hydrogen-bond donors (Lipinski definition) is 0. The van der Waals surface area contributed by atoms with Gasteiger partial charge in [0.25, 0.3) is 0 Å². The molecule has 0 N–H and O–H groups in total. The van der Waals surface area contributed by atoms with Crippen molar-refractivity contribution in [2.24, 2.45) is 0 Å². The molecular formula is C10H18O3. The van der Waals surface area contributed by atoms with Crippen LogP contribution in [0.1, 0.15) is 33.6 Å². The highest BCUT2D eigenvalue weighted by Crippen LogP contribution is 2.08. The molecule has 3 heteroatoms. The van der Waals surface area contributed by atoms with E-state index in [0.29, 0.717) is 6.61 Å². The lowest BCUT2D eigenvalue weighted by Crippen LogP contribution is -2.24. The van der Waals surface area contributed by atoms with Crippen molar-refractivity contribution in [3.63, 3.8) is 0 Å². The predicted octanol–water partition coefficient (Wildman–Crippen LogP) is 2.90. The molecule has 0 fully saturated rings. The molecule has 0 radical (unpaired) electrons. The van der Waals surface area contributed by atoms with Gasteiger partial charge in [-0.05, 0) is 33.6 Å². The Kier molecular flexibility index (Phi) is 5.19. The lowest BCUT2D eigenvalue weighted by atomic mass is 10.2. The van der Waals surface area contributed by atoms with Crippen LogP contribution in [0.15, 0.2) is 12.7 Å². The number of carbonyl (C=O) groups excluding carboxylic acids is 1. The molecule has 3 nitrogen and oxygen atoms in total. The highest BCUT2D eigenvalue weighted by atomic mass is 16.7. The number of allylic oxidation sites excluding steroid dienone is 1. The van der Waals surface area contributed by atoms with Crippen molar-refractivity contribution in [3.05, 3.63) is 12.7 Å². The summed E-state index contributed by atoms with van der Waals surface area (Å²) in [6, 6.07) is 0. The molecule has 0 saturated heterocycles. The van der Waals surface area contributed by atoms with Crippen molar-refractivity contribution < 1.29 is 14.3 Å². The van der Waals surface area contributed by atoms with E-state index in [2.05, 4.69) is 6.58 Å². The van der Waals surface area contributed by atoms with Gasteiger partial charge in [-0.3, -0.25) is 0 Å². The minimum atomic E-state index is -0.600. The maximum atomic E-state index is 11.0. The minimum absolute atomic E-state index is 0.390. The first-order valence-electron chi connectivity index (χ1n) is 4.42. The van der Waals surface area contributed by atoms with Crippen LogP contribution in [-0.2, 0) is 9.47 Å². The number of hydrogen-bond acceptors (Lipinski definition) is 3. The van der Waals surface area contributed by atoms with E-state index in [1.54, 1.807) is 26.8 Å². The number of unbranched alkanes of at least 4 members (excludes halogenated alkanes) is 1. The predicted molar refractivity (Wildman–Crippen MR) is 51.6 cm³/mol. The summed E-state index contributed by atoms with van der Waals surface area (Å²) in [4.78, 5) is 11.0. The van der Waals surface area contributed by atoms with Gasteiger partial charge < -0.3 is 9.47 Å². The van der Waals surface area contributed by atoms with Crippen LogP contribution in [0.25, 0.3) is 0 Å². The van der Waals surface area contributed by atoms with E-state index in [4.69, 9.17) is 9.47 Å². The summed E-state index contributed by atoms with van der Waals surface area (Å²) in [5.41, 5.74) is -0.477. The molecule has 0 aliphatic rings. The van der Waals surface area contributed by atoms with Gasteiger partial charge in [0.1, 0.15) is 5.60 Å². The summed E-state index contributed by atoms with van der Waals surface area (Å²) in [5.74, 6) is 0. The van der Waals surface area contributed by atoms with Crippen molar-refractivity contribution >= 4 is 6.16 Å². The van der Waals surface area contributed by atoms with Crippen LogP contribution in [0.4, 0.5) is 4.79 Å². The van der Waals surface area contributed by atoms with Crippen LogP contribution >= 0.6 is 0 Å². The third-order valence-corrected chi connectivity index (χ3v) is 1.16. The van der Waals surface area contributed by atoms with Gasteiger partial charge >= 0.3 is 6.16 Å². The third-order valence-electron chi connectivity index (χ3n) is 1.16. The maximum Gasteiger partial charge on any atom is 0.508 e. The standard InChI is InChI=1S/C10H18O3/c1-5-6-7-8-12-9(11)13-10(2,3)4/h5H,1,6-8H2,2-4H3. The highest BCUT2D eigenvalue weighted by Gasteiger charge is 2.16. The van der Waals surface area contributed by atoms with Gasteiger partial charge in [0.05, 0.1) is 6.61 Å². The second-order valence-corrected chi connectivity index (χ2v) is 3.74. The molecule has 0 saturated carbocycles. The maximum absolute atomic E-state index is 11.0. The van der Waals surface area contributed by atoms with Crippen molar-refractivity contribution in [3.8, 4) is 0 Å². The van der Waals surface area contributed by atoms with E-state index in [-0.39, 0.29) is 0 Å². The van der Waals surface area contributed by atoms with Gasteiger partial charge in [-0.25, -0.2) is 4.79 Å². The first kappa shape index (κ1) is 12.0. The van der Waals surface area contributed by atoms with E-state index in [9.17, 15) is 4.79 Å². The third kappa shape index (κ3) is 8.92. The van der Waals surface area contributed by atoms with Gasteiger partial charge in [0.2, 0.25) is 0 Å². The van der Waals surface area contributed by atoms with E-state index in [1.807, 2.05) is 0 Å². The van der Waals surface area contributed by atoms with Crippen LogP contribution in [0.3, 0.4) is 0 Å². The fourth-order valence-electron chi connectivity index (χ4n) is 0.663. The smallest absolute Gasteiger partial charge is 0.434 e.